The molecule has 222 valence electrons. The number of ether oxygens (including phenoxy) is 3. The van der Waals surface area contributed by atoms with Gasteiger partial charge in [-0.05, 0) is 24.5 Å². The number of alkyl halides is 1. The fourth-order valence-electron chi connectivity index (χ4n) is 4.99. The standard InChI is InChI=1S/C33H45F3O4/c1-3-5-7-9-10-11-13-24-21-39-33(40-22-24)26-17-15-25(16-18-26)28-19-20-29(31(36)30(28)35)32(37)38-23-27(34)14-12-8-6-4-2/h15-20,24,27,33H,3-14,21-23H2,1-2H3. The minimum Gasteiger partial charge on any atom is -0.459 e. The molecule has 0 bridgehead atoms. The van der Waals surface area contributed by atoms with Crippen molar-refractivity contribution in [2.45, 2.75) is 103 Å². The van der Waals surface area contributed by atoms with Crippen LogP contribution >= 0.6 is 0 Å². The fraction of sp³-hybridized carbons (Fsp3) is 0.606. The third-order valence-corrected chi connectivity index (χ3v) is 7.49. The lowest BCUT2D eigenvalue weighted by Gasteiger charge is -2.29. The van der Waals surface area contributed by atoms with Crippen LogP contribution in [-0.4, -0.2) is 32.0 Å². The normalized spacial score (nSPS) is 18.0. The van der Waals surface area contributed by atoms with Crippen LogP contribution in [0, 0.1) is 17.6 Å². The molecule has 40 heavy (non-hydrogen) atoms. The Kier molecular flexibility index (Phi) is 14.0. The van der Waals surface area contributed by atoms with E-state index < -0.39 is 42.2 Å². The summed E-state index contributed by atoms with van der Waals surface area (Å²) in [6, 6.07) is 9.40. The first-order valence-corrected chi connectivity index (χ1v) is 15.1. The van der Waals surface area contributed by atoms with E-state index in [2.05, 4.69) is 13.8 Å². The minimum atomic E-state index is -1.32. The number of carbonyl (C=O) groups is 1. The van der Waals surface area contributed by atoms with Crippen LogP contribution < -0.4 is 0 Å². The maximum Gasteiger partial charge on any atom is 0.341 e. The largest absolute Gasteiger partial charge is 0.459 e. The molecule has 0 aromatic heterocycles. The van der Waals surface area contributed by atoms with Gasteiger partial charge in [0.1, 0.15) is 12.8 Å². The van der Waals surface area contributed by atoms with Crippen molar-refractivity contribution in [3.8, 4) is 11.1 Å². The number of esters is 1. The highest BCUT2D eigenvalue weighted by Crippen LogP contribution is 2.31. The van der Waals surface area contributed by atoms with Gasteiger partial charge in [0, 0.05) is 17.0 Å². The number of carbonyl (C=O) groups excluding carboxylic acids is 1. The Morgan fingerprint density at radius 2 is 1.48 bits per heavy atom. The monoisotopic (exact) mass is 562 g/mol. The Balaban J connectivity index is 1.49. The second-order valence-electron chi connectivity index (χ2n) is 10.9. The molecule has 1 atom stereocenters. The summed E-state index contributed by atoms with van der Waals surface area (Å²) < 4.78 is 60.5. The molecule has 1 fully saturated rings. The third kappa shape index (κ3) is 9.91. The molecule has 1 aliphatic rings. The van der Waals surface area contributed by atoms with Crippen molar-refractivity contribution >= 4 is 5.97 Å². The molecule has 1 unspecified atom stereocenters. The molecule has 0 radical (unpaired) electrons. The Morgan fingerprint density at radius 3 is 2.15 bits per heavy atom. The van der Waals surface area contributed by atoms with Crippen molar-refractivity contribution in [1.82, 2.24) is 0 Å². The van der Waals surface area contributed by atoms with Crippen molar-refractivity contribution in [2.24, 2.45) is 5.92 Å². The number of hydrogen-bond donors (Lipinski definition) is 0. The van der Waals surface area contributed by atoms with Gasteiger partial charge in [-0.1, -0.05) is 108 Å². The molecule has 2 aromatic rings. The van der Waals surface area contributed by atoms with Crippen molar-refractivity contribution in [3.05, 3.63) is 59.2 Å². The summed E-state index contributed by atoms with van der Waals surface area (Å²) in [6.45, 7) is 5.09. The molecule has 7 heteroatoms. The number of halogens is 3. The van der Waals surface area contributed by atoms with Gasteiger partial charge in [0.2, 0.25) is 0 Å². The minimum absolute atomic E-state index is 0.0179. The summed E-state index contributed by atoms with van der Waals surface area (Å²) in [5.41, 5.74) is 0.728. The maximum absolute atomic E-state index is 14.9. The van der Waals surface area contributed by atoms with E-state index in [-0.39, 0.29) is 12.0 Å². The van der Waals surface area contributed by atoms with Crippen LogP contribution in [0.2, 0.25) is 0 Å². The lowest BCUT2D eigenvalue weighted by Crippen LogP contribution is -2.27. The highest BCUT2D eigenvalue weighted by molar-refractivity contribution is 5.90. The molecular weight excluding hydrogens is 517 g/mol. The third-order valence-electron chi connectivity index (χ3n) is 7.49. The second kappa shape index (κ2) is 17.4. The van der Waals surface area contributed by atoms with Gasteiger partial charge in [0.25, 0.3) is 0 Å². The fourth-order valence-corrected chi connectivity index (χ4v) is 4.99. The number of rotatable bonds is 17. The highest BCUT2D eigenvalue weighted by atomic mass is 19.2. The molecule has 1 saturated heterocycles. The molecule has 4 nitrogen and oxygen atoms in total. The van der Waals surface area contributed by atoms with Gasteiger partial charge in [-0.15, -0.1) is 0 Å². The van der Waals surface area contributed by atoms with E-state index in [0.29, 0.717) is 31.1 Å². The first-order valence-electron chi connectivity index (χ1n) is 15.1. The predicted octanol–water partition coefficient (Wildman–Crippen LogP) is 9.51. The highest BCUT2D eigenvalue weighted by Gasteiger charge is 2.25. The van der Waals surface area contributed by atoms with Crippen LogP contribution in [0.1, 0.15) is 113 Å². The van der Waals surface area contributed by atoms with E-state index >= 15 is 0 Å². The van der Waals surface area contributed by atoms with E-state index in [1.54, 1.807) is 24.3 Å². The lowest BCUT2D eigenvalue weighted by molar-refractivity contribution is -0.206. The number of unbranched alkanes of at least 4 members (excludes halogenated alkanes) is 8. The van der Waals surface area contributed by atoms with Crippen LogP contribution in [0.25, 0.3) is 11.1 Å². The smallest absolute Gasteiger partial charge is 0.341 e. The van der Waals surface area contributed by atoms with Gasteiger partial charge in [-0.2, -0.15) is 0 Å². The van der Waals surface area contributed by atoms with E-state index in [4.69, 9.17) is 14.2 Å². The Hall–Kier alpha value is -2.38. The van der Waals surface area contributed by atoms with Crippen LogP contribution in [0.3, 0.4) is 0 Å². The van der Waals surface area contributed by atoms with Crippen LogP contribution in [0.15, 0.2) is 36.4 Å². The van der Waals surface area contributed by atoms with E-state index in [9.17, 15) is 18.0 Å². The molecule has 1 heterocycles. The van der Waals surface area contributed by atoms with Gasteiger partial charge >= 0.3 is 5.97 Å². The predicted molar refractivity (Wildman–Crippen MR) is 152 cm³/mol. The zero-order valence-electron chi connectivity index (χ0n) is 24.1. The molecule has 0 amide bonds. The second-order valence-corrected chi connectivity index (χ2v) is 10.9. The van der Waals surface area contributed by atoms with Crippen molar-refractivity contribution in [3.63, 3.8) is 0 Å². The zero-order valence-corrected chi connectivity index (χ0v) is 24.1. The molecule has 0 saturated carbocycles. The average Bonchev–Trinajstić information content (AvgIpc) is 2.98. The van der Waals surface area contributed by atoms with Crippen LogP contribution in [-0.2, 0) is 14.2 Å². The first-order chi connectivity index (χ1) is 19.4. The molecule has 0 spiro atoms. The summed E-state index contributed by atoms with van der Waals surface area (Å²) >= 11 is 0. The SMILES string of the molecule is CCCCCCCCC1COC(c2ccc(-c3ccc(C(=O)OCC(F)CCCCCC)c(F)c3F)cc2)OC1. The number of hydrogen-bond acceptors (Lipinski definition) is 4. The Labute approximate surface area is 237 Å². The Morgan fingerprint density at radius 1 is 0.850 bits per heavy atom. The van der Waals surface area contributed by atoms with Crippen molar-refractivity contribution in [2.75, 3.05) is 19.8 Å². The first kappa shape index (κ1) is 32.1. The van der Waals surface area contributed by atoms with Crippen molar-refractivity contribution in [1.29, 1.82) is 0 Å². The molecule has 3 rings (SSSR count). The summed E-state index contributed by atoms with van der Waals surface area (Å²) in [6.07, 6.45) is 10.8. The number of benzene rings is 2. The van der Waals surface area contributed by atoms with Gasteiger partial charge in [-0.25, -0.2) is 18.0 Å². The van der Waals surface area contributed by atoms with E-state index in [0.717, 1.165) is 31.2 Å². The van der Waals surface area contributed by atoms with Gasteiger partial charge in [0.15, 0.2) is 17.9 Å². The molecular formula is C33H45F3O4. The maximum atomic E-state index is 14.9. The lowest BCUT2D eigenvalue weighted by atomic mass is 10.00. The van der Waals surface area contributed by atoms with Gasteiger partial charge < -0.3 is 14.2 Å². The van der Waals surface area contributed by atoms with E-state index in [1.165, 1.54) is 50.7 Å². The molecule has 2 aromatic carbocycles. The van der Waals surface area contributed by atoms with Crippen LogP contribution in [0.4, 0.5) is 13.2 Å². The van der Waals surface area contributed by atoms with E-state index in [1.807, 2.05) is 0 Å². The van der Waals surface area contributed by atoms with Gasteiger partial charge in [-0.3, -0.25) is 0 Å². The summed E-state index contributed by atoms with van der Waals surface area (Å²) in [7, 11) is 0. The summed E-state index contributed by atoms with van der Waals surface area (Å²) in [5.74, 6) is -3.14. The molecule has 0 N–H and O–H groups in total. The Bertz CT molecular complexity index is 1020. The molecule has 0 aliphatic carbocycles. The van der Waals surface area contributed by atoms with Crippen molar-refractivity contribution < 1.29 is 32.2 Å². The van der Waals surface area contributed by atoms with Crippen LogP contribution in [0.5, 0.6) is 0 Å². The zero-order chi connectivity index (χ0) is 28.7. The average molecular weight is 563 g/mol. The molecule has 1 aliphatic heterocycles. The van der Waals surface area contributed by atoms with Gasteiger partial charge in [0.05, 0.1) is 18.8 Å². The topological polar surface area (TPSA) is 44.8 Å². The summed E-state index contributed by atoms with van der Waals surface area (Å²) in [5, 5.41) is 0. The summed E-state index contributed by atoms with van der Waals surface area (Å²) in [4.78, 5) is 12.3. The quantitative estimate of drug-likeness (QED) is 0.142.